The molecule has 0 saturated heterocycles. The van der Waals surface area contributed by atoms with Gasteiger partial charge in [-0.05, 0) is 24.5 Å². The summed E-state index contributed by atoms with van der Waals surface area (Å²) >= 11 is 9.52. The average Bonchev–Trinajstić information content (AvgIpc) is 2.32. The summed E-state index contributed by atoms with van der Waals surface area (Å²) in [4.78, 5) is 12.1. The van der Waals surface area contributed by atoms with Gasteiger partial charge in [-0.2, -0.15) is 0 Å². The van der Waals surface area contributed by atoms with Gasteiger partial charge in [0, 0.05) is 16.4 Å². The molecule has 94 valence electrons. The highest BCUT2D eigenvalue weighted by atomic mass is 79.9. The second-order valence-corrected chi connectivity index (χ2v) is 5.61. The van der Waals surface area contributed by atoms with E-state index in [1.54, 1.807) is 6.07 Å². The van der Waals surface area contributed by atoms with Gasteiger partial charge in [-0.1, -0.05) is 52.7 Å². The van der Waals surface area contributed by atoms with Crippen LogP contribution in [0.15, 0.2) is 24.3 Å². The molecule has 1 atom stereocenters. The van der Waals surface area contributed by atoms with E-state index < -0.39 is 0 Å². The van der Waals surface area contributed by atoms with Crippen LogP contribution in [0.2, 0.25) is 5.02 Å². The number of rotatable bonds is 6. The maximum atomic E-state index is 11.6. The Morgan fingerprint density at radius 1 is 1.47 bits per heavy atom. The fraction of sp³-hybridized carbons (Fsp3) is 0.462. The first-order valence-corrected chi connectivity index (χ1v) is 7.07. The van der Waals surface area contributed by atoms with Crippen molar-refractivity contribution in [2.45, 2.75) is 31.0 Å². The number of carbonyl (C=O) groups excluding carboxylic acids is 1. The molecule has 0 radical (unpaired) electrons. The van der Waals surface area contributed by atoms with Gasteiger partial charge < -0.3 is 5.32 Å². The van der Waals surface area contributed by atoms with E-state index in [-0.39, 0.29) is 5.91 Å². The average molecular weight is 319 g/mol. The summed E-state index contributed by atoms with van der Waals surface area (Å²) in [5.41, 5.74) is 0.873. The second kappa shape index (κ2) is 7.72. The lowest BCUT2D eigenvalue weighted by molar-refractivity contribution is -0.120. The molecule has 1 aromatic rings. The number of alkyl halides is 1. The highest BCUT2D eigenvalue weighted by molar-refractivity contribution is 9.09. The van der Waals surface area contributed by atoms with Crippen LogP contribution in [0.1, 0.15) is 25.3 Å². The minimum atomic E-state index is 0.0221. The number of amides is 1. The molecule has 0 fully saturated rings. The molecule has 0 aliphatic rings. The Hall–Kier alpha value is -0.540. The lowest BCUT2D eigenvalue weighted by Gasteiger charge is -2.08. The van der Waals surface area contributed by atoms with Gasteiger partial charge in [0.05, 0.1) is 6.42 Å². The fourth-order valence-electron chi connectivity index (χ4n) is 1.45. The number of carbonyl (C=O) groups is 1. The van der Waals surface area contributed by atoms with Crippen LogP contribution in [0, 0.1) is 0 Å². The van der Waals surface area contributed by atoms with Crippen molar-refractivity contribution < 1.29 is 4.79 Å². The molecule has 0 spiro atoms. The maximum absolute atomic E-state index is 11.6. The van der Waals surface area contributed by atoms with Gasteiger partial charge in [-0.15, -0.1) is 0 Å². The third-order valence-electron chi connectivity index (χ3n) is 2.53. The van der Waals surface area contributed by atoms with E-state index >= 15 is 0 Å². The van der Waals surface area contributed by atoms with Crippen molar-refractivity contribution in [1.29, 1.82) is 0 Å². The highest BCUT2D eigenvalue weighted by Crippen LogP contribution is 2.15. The summed E-state index contributed by atoms with van der Waals surface area (Å²) in [6.45, 7) is 2.82. The van der Waals surface area contributed by atoms with E-state index in [4.69, 9.17) is 11.6 Å². The molecule has 4 heteroatoms. The Morgan fingerprint density at radius 2 is 2.18 bits per heavy atom. The molecule has 1 unspecified atom stereocenters. The standard InChI is InChI=1S/C13H17BrClNO/c1-2-11(14)7-8-16-13(17)9-10-5-3-4-6-12(10)15/h3-6,11H,2,7-9H2,1H3,(H,16,17). The molecule has 0 heterocycles. The van der Waals surface area contributed by atoms with E-state index in [1.165, 1.54) is 0 Å². The molecule has 1 N–H and O–H groups in total. The van der Waals surface area contributed by atoms with Crippen LogP contribution in [0.3, 0.4) is 0 Å². The van der Waals surface area contributed by atoms with Crippen LogP contribution in [0.5, 0.6) is 0 Å². The summed E-state index contributed by atoms with van der Waals surface area (Å²) in [6, 6.07) is 7.43. The first kappa shape index (κ1) is 14.5. The van der Waals surface area contributed by atoms with Crippen LogP contribution in [-0.2, 0) is 11.2 Å². The molecule has 1 rings (SSSR count). The summed E-state index contributed by atoms with van der Waals surface area (Å²) in [7, 11) is 0. The van der Waals surface area contributed by atoms with E-state index in [1.807, 2.05) is 18.2 Å². The van der Waals surface area contributed by atoms with Crippen molar-refractivity contribution in [3.05, 3.63) is 34.9 Å². The Kier molecular flexibility index (Phi) is 6.60. The first-order chi connectivity index (χ1) is 8.13. The monoisotopic (exact) mass is 317 g/mol. The van der Waals surface area contributed by atoms with Gasteiger partial charge in [0.15, 0.2) is 0 Å². The van der Waals surface area contributed by atoms with E-state index in [0.717, 1.165) is 18.4 Å². The number of hydrogen-bond donors (Lipinski definition) is 1. The number of nitrogens with one attached hydrogen (secondary N) is 1. The van der Waals surface area contributed by atoms with Crippen molar-refractivity contribution >= 4 is 33.4 Å². The van der Waals surface area contributed by atoms with Crippen molar-refractivity contribution in [2.24, 2.45) is 0 Å². The molecule has 0 bridgehead atoms. The number of benzene rings is 1. The van der Waals surface area contributed by atoms with Crippen molar-refractivity contribution in [2.75, 3.05) is 6.54 Å². The molecule has 0 aliphatic carbocycles. The first-order valence-electron chi connectivity index (χ1n) is 5.77. The van der Waals surface area contributed by atoms with Gasteiger partial charge in [0.2, 0.25) is 5.91 Å². The lowest BCUT2D eigenvalue weighted by Crippen LogP contribution is -2.27. The topological polar surface area (TPSA) is 29.1 Å². The SMILES string of the molecule is CCC(Br)CCNC(=O)Cc1ccccc1Cl. The Bertz CT molecular complexity index is 370. The minimum Gasteiger partial charge on any atom is -0.356 e. The second-order valence-electron chi connectivity index (χ2n) is 3.91. The van der Waals surface area contributed by atoms with Crippen LogP contribution in [-0.4, -0.2) is 17.3 Å². The van der Waals surface area contributed by atoms with Crippen molar-refractivity contribution in [1.82, 2.24) is 5.32 Å². The predicted octanol–water partition coefficient (Wildman–Crippen LogP) is 3.56. The van der Waals surface area contributed by atoms with E-state index in [0.29, 0.717) is 22.8 Å². The molecule has 0 aromatic heterocycles. The molecule has 0 saturated carbocycles. The highest BCUT2D eigenvalue weighted by Gasteiger charge is 2.07. The van der Waals surface area contributed by atoms with Gasteiger partial charge in [-0.3, -0.25) is 4.79 Å². The Labute approximate surface area is 116 Å². The van der Waals surface area contributed by atoms with Gasteiger partial charge in [0.25, 0.3) is 0 Å². The van der Waals surface area contributed by atoms with Gasteiger partial charge in [-0.25, -0.2) is 0 Å². The van der Waals surface area contributed by atoms with Crippen LogP contribution in [0.4, 0.5) is 0 Å². The zero-order valence-electron chi connectivity index (χ0n) is 9.88. The summed E-state index contributed by atoms with van der Waals surface area (Å²) in [5, 5.41) is 3.54. The molecule has 1 aromatic carbocycles. The summed E-state index contributed by atoms with van der Waals surface area (Å²) < 4.78 is 0. The van der Waals surface area contributed by atoms with Gasteiger partial charge in [0.1, 0.15) is 0 Å². The number of hydrogen-bond acceptors (Lipinski definition) is 1. The molecular formula is C13H17BrClNO. The quantitative estimate of drug-likeness (QED) is 0.798. The zero-order valence-corrected chi connectivity index (χ0v) is 12.2. The molecule has 0 aliphatic heterocycles. The maximum Gasteiger partial charge on any atom is 0.224 e. The van der Waals surface area contributed by atoms with Crippen LogP contribution < -0.4 is 5.32 Å². The van der Waals surface area contributed by atoms with Crippen molar-refractivity contribution in [3.63, 3.8) is 0 Å². The zero-order chi connectivity index (χ0) is 12.7. The Balaban J connectivity index is 2.33. The molecule has 17 heavy (non-hydrogen) atoms. The lowest BCUT2D eigenvalue weighted by atomic mass is 10.1. The van der Waals surface area contributed by atoms with Crippen LogP contribution in [0.25, 0.3) is 0 Å². The smallest absolute Gasteiger partial charge is 0.224 e. The van der Waals surface area contributed by atoms with E-state index in [2.05, 4.69) is 28.2 Å². The minimum absolute atomic E-state index is 0.0221. The molecule has 1 amide bonds. The van der Waals surface area contributed by atoms with E-state index in [9.17, 15) is 4.79 Å². The van der Waals surface area contributed by atoms with Crippen molar-refractivity contribution in [3.8, 4) is 0 Å². The fourth-order valence-corrected chi connectivity index (χ4v) is 1.88. The number of halogens is 2. The summed E-state index contributed by atoms with van der Waals surface area (Å²) in [6.07, 6.45) is 2.36. The predicted molar refractivity (Wildman–Crippen MR) is 75.8 cm³/mol. The largest absolute Gasteiger partial charge is 0.356 e. The third-order valence-corrected chi connectivity index (χ3v) is 4.01. The Morgan fingerprint density at radius 3 is 2.82 bits per heavy atom. The summed E-state index contributed by atoms with van der Waals surface area (Å²) in [5.74, 6) is 0.0221. The third kappa shape index (κ3) is 5.55. The molecular weight excluding hydrogens is 302 g/mol. The normalized spacial score (nSPS) is 12.2. The molecule has 2 nitrogen and oxygen atoms in total. The van der Waals surface area contributed by atoms with Gasteiger partial charge >= 0.3 is 0 Å². The van der Waals surface area contributed by atoms with Crippen LogP contribution >= 0.6 is 27.5 Å².